The molecule has 11 heavy (non-hydrogen) atoms. The molecule has 0 radical (unpaired) electrons. The lowest BCUT2D eigenvalue weighted by Crippen LogP contribution is -2.37. The Labute approximate surface area is 67.0 Å². The maximum absolute atomic E-state index is 5.49. The quantitative estimate of drug-likeness (QED) is 0.347. The Bertz CT molecular complexity index is 80.7. The highest BCUT2D eigenvalue weighted by Crippen LogP contribution is 1.94. The second kappa shape index (κ2) is 6.51. The zero-order valence-electron chi connectivity index (χ0n) is 6.70. The van der Waals surface area contributed by atoms with Gasteiger partial charge in [-0.05, 0) is 25.9 Å². The van der Waals surface area contributed by atoms with Gasteiger partial charge >= 0.3 is 0 Å². The van der Waals surface area contributed by atoms with Gasteiger partial charge in [-0.15, -0.1) is 0 Å². The van der Waals surface area contributed by atoms with Gasteiger partial charge in [0.25, 0.3) is 0 Å². The summed E-state index contributed by atoms with van der Waals surface area (Å²) >= 11 is 0. The maximum Gasteiger partial charge on any atom is 0.108 e. The highest BCUT2D eigenvalue weighted by atomic mass is 16.5. The summed E-state index contributed by atoms with van der Waals surface area (Å²) < 4.78 is 5.13. The molecule has 2 unspecified atom stereocenters. The fraction of sp³-hybridized carbons (Fsp3) is 1.00. The minimum Gasteiger partial charge on any atom is -0.346 e. The standard InChI is InChI=1S/C6H18N4O/c7-3-1-5(9)11-6(10)2-4-8/h5-6H,1-4,7-10H2. The van der Waals surface area contributed by atoms with E-state index in [1.807, 2.05) is 0 Å². The second-order valence-electron chi connectivity index (χ2n) is 2.37. The molecule has 2 atom stereocenters. The van der Waals surface area contributed by atoms with Crippen LogP contribution in [0.2, 0.25) is 0 Å². The average Bonchev–Trinajstić information content (AvgIpc) is 1.87. The highest BCUT2D eigenvalue weighted by Gasteiger charge is 2.06. The van der Waals surface area contributed by atoms with Crippen LogP contribution in [-0.4, -0.2) is 25.5 Å². The lowest BCUT2D eigenvalue weighted by atomic mass is 10.3. The van der Waals surface area contributed by atoms with Crippen LogP contribution in [0, 0.1) is 0 Å². The zero-order valence-corrected chi connectivity index (χ0v) is 6.70. The van der Waals surface area contributed by atoms with Gasteiger partial charge in [-0.25, -0.2) is 0 Å². The van der Waals surface area contributed by atoms with Crippen LogP contribution in [0.5, 0.6) is 0 Å². The Morgan fingerprint density at radius 1 is 0.909 bits per heavy atom. The number of rotatable bonds is 6. The van der Waals surface area contributed by atoms with Crippen molar-refractivity contribution in [1.82, 2.24) is 0 Å². The fourth-order valence-corrected chi connectivity index (χ4v) is 0.689. The van der Waals surface area contributed by atoms with E-state index in [0.717, 1.165) is 0 Å². The summed E-state index contributed by atoms with van der Waals surface area (Å²) in [4.78, 5) is 0. The van der Waals surface area contributed by atoms with Crippen molar-refractivity contribution in [2.75, 3.05) is 13.1 Å². The average molecular weight is 162 g/mol. The number of hydrogen-bond acceptors (Lipinski definition) is 5. The van der Waals surface area contributed by atoms with Crippen molar-refractivity contribution in [2.45, 2.75) is 25.3 Å². The molecule has 0 aliphatic rings. The van der Waals surface area contributed by atoms with E-state index in [9.17, 15) is 0 Å². The van der Waals surface area contributed by atoms with E-state index in [4.69, 9.17) is 27.7 Å². The van der Waals surface area contributed by atoms with Crippen molar-refractivity contribution in [3.05, 3.63) is 0 Å². The molecule has 0 aliphatic heterocycles. The fourth-order valence-electron chi connectivity index (χ4n) is 0.689. The summed E-state index contributed by atoms with van der Waals surface area (Å²) in [5, 5.41) is 0. The first-order valence-electron chi connectivity index (χ1n) is 3.77. The summed E-state index contributed by atoms with van der Waals surface area (Å²) in [7, 11) is 0. The van der Waals surface area contributed by atoms with Gasteiger partial charge < -0.3 is 27.7 Å². The van der Waals surface area contributed by atoms with Gasteiger partial charge in [-0.3, -0.25) is 0 Å². The van der Waals surface area contributed by atoms with E-state index >= 15 is 0 Å². The lowest BCUT2D eigenvalue weighted by molar-refractivity contribution is -0.0107. The molecule has 0 aliphatic carbocycles. The van der Waals surface area contributed by atoms with Gasteiger partial charge in [0.15, 0.2) is 0 Å². The monoisotopic (exact) mass is 162 g/mol. The molecule has 8 N–H and O–H groups in total. The molecular formula is C6H18N4O. The molecule has 0 spiro atoms. The third-order valence-corrected chi connectivity index (χ3v) is 1.25. The van der Waals surface area contributed by atoms with E-state index in [0.29, 0.717) is 25.9 Å². The Kier molecular flexibility index (Phi) is 6.39. The van der Waals surface area contributed by atoms with E-state index in [2.05, 4.69) is 0 Å². The molecule has 5 heteroatoms. The largest absolute Gasteiger partial charge is 0.346 e. The second-order valence-corrected chi connectivity index (χ2v) is 2.37. The molecule has 0 heterocycles. The molecule has 0 saturated carbocycles. The van der Waals surface area contributed by atoms with Crippen molar-refractivity contribution in [2.24, 2.45) is 22.9 Å². The van der Waals surface area contributed by atoms with Crippen LogP contribution in [0.3, 0.4) is 0 Å². The Morgan fingerprint density at radius 2 is 1.27 bits per heavy atom. The van der Waals surface area contributed by atoms with E-state index in [-0.39, 0.29) is 12.5 Å². The van der Waals surface area contributed by atoms with E-state index in [1.54, 1.807) is 0 Å². The topological polar surface area (TPSA) is 113 Å². The van der Waals surface area contributed by atoms with Crippen molar-refractivity contribution in [1.29, 1.82) is 0 Å². The van der Waals surface area contributed by atoms with Crippen LogP contribution in [-0.2, 0) is 4.74 Å². The molecule has 5 nitrogen and oxygen atoms in total. The van der Waals surface area contributed by atoms with Gasteiger partial charge in [0.2, 0.25) is 0 Å². The summed E-state index contributed by atoms with van der Waals surface area (Å²) in [6, 6.07) is 0. The van der Waals surface area contributed by atoms with E-state index < -0.39 is 0 Å². The maximum atomic E-state index is 5.49. The highest BCUT2D eigenvalue weighted by molar-refractivity contribution is 4.54. The third kappa shape index (κ3) is 6.21. The normalized spacial score (nSPS) is 16.4. The van der Waals surface area contributed by atoms with E-state index in [1.165, 1.54) is 0 Å². The number of hydrogen-bond donors (Lipinski definition) is 4. The van der Waals surface area contributed by atoms with Gasteiger partial charge in [-0.1, -0.05) is 0 Å². The molecule has 0 aromatic rings. The first-order chi connectivity index (χ1) is 5.20. The van der Waals surface area contributed by atoms with Crippen LogP contribution < -0.4 is 22.9 Å². The van der Waals surface area contributed by atoms with Crippen molar-refractivity contribution in [3.8, 4) is 0 Å². The van der Waals surface area contributed by atoms with Gasteiger partial charge in [0, 0.05) is 0 Å². The predicted molar refractivity (Wildman–Crippen MR) is 44.4 cm³/mol. The lowest BCUT2D eigenvalue weighted by Gasteiger charge is -2.17. The van der Waals surface area contributed by atoms with Crippen LogP contribution in [0.15, 0.2) is 0 Å². The van der Waals surface area contributed by atoms with Crippen LogP contribution >= 0.6 is 0 Å². The van der Waals surface area contributed by atoms with Crippen LogP contribution in [0.1, 0.15) is 12.8 Å². The van der Waals surface area contributed by atoms with Gasteiger partial charge in [-0.2, -0.15) is 0 Å². The predicted octanol–water partition coefficient (Wildman–Crippen LogP) is -1.73. The van der Waals surface area contributed by atoms with Crippen molar-refractivity contribution < 1.29 is 4.74 Å². The molecule has 0 fully saturated rings. The molecule has 0 bridgehead atoms. The third-order valence-electron chi connectivity index (χ3n) is 1.25. The Hall–Kier alpha value is -0.200. The van der Waals surface area contributed by atoms with Crippen LogP contribution in [0.25, 0.3) is 0 Å². The molecule has 0 saturated heterocycles. The smallest absolute Gasteiger partial charge is 0.108 e. The Balaban J connectivity index is 3.32. The van der Waals surface area contributed by atoms with Gasteiger partial charge in [0.05, 0.1) is 0 Å². The first-order valence-corrected chi connectivity index (χ1v) is 3.77. The van der Waals surface area contributed by atoms with Gasteiger partial charge in [0.1, 0.15) is 12.5 Å². The minimum atomic E-state index is -0.360. The molecule has 0 amide bonds. The van der Waals surface area contributed by atoms with Crippen molar-refractivity contribution >= 4 is 0 Å². The molecule has 0 aromatic heterocycles. The zero-order chi connectivity index (χ0) is 8.69. The number of nitrogens with two attached hydrogens (primary N) is 4. The molecule has 0 aromatic carbocycles. The molecule has 68 valence electrons. The minimum absolute atomic E-state index is 0.360. The van der Waals surface area contributed by atoms with Crippen LogP contribution in [0.4, 0.5) is 0 Å². The number of ether oxygens (including phenoxy) is 1. The SMILES string of the molecule is NCCC(N)OC(N)CCN. The molecular weight excluding hydrogens is 144 g/mol. The Morgan fingerprint density at radius 3 is 1.55 bits per heavy atom. The summed E-state index contributed by atoms with van der Waals surface area (Å²) in [5.41, 5.74) is 21.5. The summed E-state index contributed by atoms with van der Waals surface area (Å²) in [6.45, 7) is 1.02. The molecule has 0 rings (SSSR count). The summed E-state index contributed by atoms with van der Waals surface area (Å²) in [6.07, 6.45) is 0.527. The first kappa shape index (κ1) is 10.8. The van der Waals surface area contributed by atoms with Crippen molar-refractivity contribution in [3.63, 3.8) is 0 Å². The summed E-state index contributed by atoms with van der Waals surface area (Å²) in [5.74, 6) is 0.